The van der Waals surface area contributed by atoms with E-state index in [-0.39, 0.29) is 0 Å². The third kappa shape index (κ3) is 3.08. The largest absolute Gasteiger partial charge is 0.315 e. The number of hydrogen-bond acceptors (Lipinski definition) is 4. The van der Waals surface area contributed by atoms with Gasteiger partial charge in [-0.15, -0.1) is 11.3 Å². The maximum absolute atomic E-state index is 12.6. The lowest BCUT2D eigenvalue weighted by molar-refractivity contribution is 0.431. The van der Waals surface area contributed by atoms with Crippen LogP contribution in [-0.2, 0) is 16.6 Å². The second-order valence-corrected chi connectivity index (χ2v) is 8.07. The molecule has 1 aliphatic rings. The molecule has 0 spiro atoms. The van der Waals surface area contributed by atoms with E-state index in [9.17, 15) is 8.42 Å². The first-order valence-corrected chi connectivity index (χ1v) is 8.60. The first kappa shape index (κ1) is 14.7. The van der Waals surface area contributed by atoms with E-state index in [0.29, 0.717) is 24.5 Å². The molecule has 0 radical (unpaired) electrons. The molecule has 0 bridgehead atoms. The predicted molar refractivity (Wildman–Crippen MR) is 79.0 cm³/mol. The molecule has 19 heavy (non-hydrogen) atoms. The molecule has 2 heterocycles. The minimum Gasteiger partial charge on any atom is -0.315 e. The van der Waals surface area contributed by atoms with Crippen molar-refractivity contribution in [3.05, 3.63) is 27.5 Å². The predicted octanol–water partition coefficient (Wildman–Crippen LogP) is 2.12. The van der Waals surface area contributed by atoms with E-state index < -0.39 is 10.0 Å². The Labute approximate surface area is 119 Å². The summed E-state index contributed by atoms with van der Waals surface area (Å²) in [6, 6.07) is 1.80. The highest BCUT2D eigenvalue weighted by Crippen LogP contribution is 2.29. The van der Waals surface area contributed by atoms with Crippen LogP contribution in [0, 0.1) is 6.92 Å². The second kappa shape index (κ2) is 5.75. The molecule has 1 N–H and O–H groups in total. The van der Waals surface area contributed by atoms with Crippen LogP contribution in [0.15, 0.2) is 22.6 Å². The topological polar surface area (TPSA) is 49.4 Å². The van der Waals surface area contributed by atoms with Gasteiger partial charge in [0.05, 0.1) is 4.90 Å². The third-order valence-electron chi connectivity index (χ3n) is 3.29. The highest BCUT2D eigenvalue weighted by atomic mass is 32.2. The highest BCUT2D eigenvalue weighted by Gasteiger charge is 2.28. The van der Waals surface area contributed by atoms with Gasteiger partial charge in [-0.2, -0.15) is 4.31 Å². The fourth-order valence-electron chi connectivity index (χ4n) is 2.15. The average Bonchev–Trinajstić information content (AvgIpc) is 2.72. The number of aryl methyl sites for hydroxylation is 1. The summed E-state index contributed by atoms with van der Waals surface area (Å²) < 4.78 is 26.8. The molecular formula is C13H20N2O2S2. The standard InChI is InChI=1S/C13H20N2O2S2/c1-10-4-6-15(7-5-10)19(16,17)13-8-12(9-14-3)18-11(13)2/h4,8,14H,5-7,9H2,1-3H3. The number of nitrogens with zero attached hydrogens (tertiary/aromatic N) is 1. The van der Waals surface area contributed by atoms with Crippen LogP contribution < -0.4 is 5.32 Å². The van der Waals surface area contributed by atoms with Crippen molar-refractivity contribution in [1.29, 1.82) is 0 Å². The summed E-state index contributed by atoms with van der Waals surface area (Å²) in [6.07, 6.45) is 2.82. The van der Waals surface area contributed by atoms with E-state index in [1.807, 2.05) is 27.0 Å². The van der Waals surface area contributed by atoms with E-state index in [1.165, 1.54) is 5.57 Å². The molecule has 0 atom stereocenters. The zero-order chi connectivity index (χ0) is 14.0. The van der Waals surface area contributed by atoms with Gasteiger partial charge in [0.2, 0.25) is 10.0 Å². The van der Waals surface area contributed by atoms with Gasteiger partial charge < -0.3 is 5.32 Å². The molecule has 0 fully saturated rings. The fraction of sp³-hybridized carbons (Fsp3) is 0.538. The first-order valence-electron chi connectivity index (χ1n) is 6.35. The Kier molecular flexibility index (Phi) is 4.45. The molecule has 4 nitrogen and oxygen atoms in total. The third-order valence-corrected chi connectivity index (χ3v) is 6.46. The van der Waals surface area contributed by atoms with Gasteiger partial charge in [-0.3, -0.25) is 0 Å². The average molecular weight is 300 g/mol. The molecule has 1 aliphatic heterocycles. The molecule has 0 aromatic carbocycles. The lowest BCUT2D eigenvalue weighted by Crippen LogP contribution is -2.34. The lowest BCUT2D eigenvalue weighted by Gasteiger charge is -2.24. The molecule has 6 heteroatoms. The van der Waals surface area contributed by atoms with Gasteiger partial charge in [0.1, 0.15) is 0 Å². The van der Waals surface area contributed by atoms with Crippen molar-refractivity contribution >= 4 is 21.4 Å². The maximum Gasteiger partial charge on any atom is 0.244 e. The Morgan fingerprint density at radius 3 is 2.74 bits per heavy atom. The van der Waals surface area contributed by atoms with Crippen LogP contribution in [0.4, 0.5) is 0 Å². The Morgan fingerprint density at radius 2 is 2.16 bits per heavy atom. The minimum atomic E-state index is -3.34. The lowest BCUT2D eigenvalue weighted by atomic mass is 10.1. The Morgan fingerprint density at radius 1 is 1.42 bits per heavy atom. The van der Waals surface area contributed by atoms with Crippen molar-refractivity contribution in [2.75, 3.05) is 20.1 Å². The molecule has 0 saturated carbocycles. The molecule has 0 saturated heterocycles. The van der Waals surface area contributed by atoms with Crippen molar-refractivity contribution in [1.82, 2.24) is 9.62 Å². The Balaban J connectivity index is 2.29. The molecule has 1 aromatic rings. The molecular weight excluding hydrogens is 280 g/mol. The van der Waals surface area contributed by atoms with Crippen LogP contribution in [0.3, 0.4) is 0 Å². The van der Waals surface area contributed by atoms with Crippen LogP contribution in [0.1, 0.15) is 23.1 Å². The summed E-state index contributed by atoms with van der Waals surface area (Å²) in [5.41, 5.74) is 1.27. The fourth-order valence-corrected chi connectivity index (χ4v) is 5.15. The molecule has 106 valence electrons. The van der Waals surface area contributed by atoms with Crippen molar-refractivity contribution < 1.29 is 8.42 Å². The molecule has 2 rings (SSSR count). The summed E-state index contributed by atoms with van der Waals surface area (Å²) in [5.74, 6) is 0. The highest BCUT2D eigenvalue weighted by molar-refractivity contribution is 7.89. The van der Waals surface area contributed by atoms with E-state index in [0.717, 1.165) is 16.2 Å². The summed E-state index contributed by atoms with van der Waals surface area (Å²) in [7, 11) is -1.48. The minimum absolute atomic E-state index is 0.468. The van der Waals surface area contributed by atoms with Gasteiger partial charge in [0, 0.05) is 29.4 Å². The van der Waals surface area contributed by atoms with E-state index in [4.69, 9.17) is 0 Å². The number of thiophene rings is 1. The SMILES string of the molecule is CNCc1cc(S(=O)(=O)N2CC=C(C)CC2)c(C)s1. The van der Waals surface area contributed by atoms with Crippen molar-refractivity contribution in [2.45, 2.75) is 31.7 Å². The number of hydrogen-bond donors (Lipinski definition) is 1. The van der Waals surface area contributed by atoms with Gasteiger partial charge in [-0.25, -0.2) is 8.42 Å². The second-order valence-electron chi connectivity index (χ2n) is 4.83. The van der Waals surface area contributed by atoms with E-state index in [1.54, 1.807) is 21.7 Å². The smallest absolute Gasteiger partial charge is 0.244 e. The van der Waals surface area contributed by atoms with Gasteiger partial charge in [0.25, 0.3) is 0 Å². The molecule has 0 amide bonds. The summed E-state index contributed by atoms with van der Waals surface area (Å²) in [5, 5.41) is 3.05. The monoisotopic (exact) mass is 300 g/mol. The molecule has 0 unspecified atom stereocenters. The van der Waals surface area contributed by atoms with Crippen LogP contribution in [0.25, 0.3) is 0 Å². The zero-order valence-electron chi connectivity index (χ0n) is 11.6. The zero-order valence-corrected chi connectivity index (χ0v) is 13.2. The van der Waals surface area contributed by atoms with Gasteiger partial charge >= 0.3 is 0 Å². The van der Waals surface area contributed by atoms with Crippen molar-refractivity contribution in [3.63, 3.8) is 0 Å². The van der Waals surface area contributed by atoms with E-state index >= 15 is 0 Å². The van der Waals surface area contributed by atoms with Gasteiger partial charge in [0.15, 0.2) is 0 Å². The summed E-state index contributed by atoms with van der Waals surface area (Å²) >= 11 is 1.55. The number of sulfonamides is 1. The summed E-state index contributed by atoms with van der Waals surface area (Å²) in [6.45, 7) is 5.71. The number of nitrogens with one attached hydrogen (secondary N) is 1. The Hall–Kier alpha value is -0.690. The Bertz CT molecular complexity index is 588. The molecule has 0 aliphatic carbocycles. The van der Waals surface area contributed by atoms with Gasteiger partial charge in [-0.1, -0.05) is 11.6 Å². The quantitative estimate of drug-likeness (QED) is 0.867. The van der Waals surface area contributed by atoms with Crippen LogP contribution >= 0.6 is 11.3 Å². The van der Waals surface area contributed by atoms with Crippen LogP contribution in [0.2, 0.25) is 0 Å². The maximum atomic E-state index is 12.6. The first-order chi connectivity index (χ1) is 8.95. The van der Waals surface area contributed by atoms with Crippen molar-refractivity contribution in [2.24, 2.45) is 0 Å². The molecule has 1 aromatic heterocycles. The van der Waals surface area contributed by atoms with E-state index in [2.05, 4.69) is 5.32 Å². The van der Waals surface area contributed by atoms with Crippen LogP contribution in [-0.4, -0.2) is 32.9 Å². The van der Waals surface area contributed by atoms with Crippen LogP contribution in [0.5, 0.6) is 0 Å². The summed E-state index contributed by atoms with van der Waals surface area (Å²) in [4.78, 5) is 2.40. The van der Waals surface area contributed by atoms with Gasteiger partial charge in [-0.05, 0) is 33.4 Å². The van der Waals surface area contributed by atoms with Crippen molar-refractivity contribution in [3.8, 4) is 0 Å². The number of rotatable bonds is 4. The normalized spacial score (nSPS) is 17.5.